The van der Waals surface area contributed by atoms with Gasteiger partial charge in [-0.1, -0.05) is 72.4 Å². The maximum atomic E-state index is 6.16. The number of benzene rings is 1. The van der Waals surface area contributed by atoms with Crippen LogP contribution in [-0.2, 0) is 0 Å². The molecule has 3 rings (SSSR count). The topological polar surface area (TPSA) is 30.9 Å². The van der Waals surface area contributed by atoms with Crippen LogP contribution < -0.4 is 5.73 Å². The highest BCUT2D eigenvalue weighted by Crippen LogP contribution is 2.31. The molecule has 0 aliphatic heterocycles. The van der Waals surface area contributed by atoms with E-state index >= 15 is 0 Å². The second-order valence-electron chi connectivity index (χ2n) is 7.11. The average molecular weight is 369 g/mol. The average Bonchev–Trinajstić information content (AvgIpc) is 3.02. The van der Waals surface area contributed by atoms with Crippen molar-refractivity contribution in [2.45, 2.75) is 27.2 Å². The lowest BCUT2D eigenvalue weighted by molar-refractivity contribution is 1.10. The third-order valence-electron chi connectivity index (χ3n) is 4.91. The second kappa shape index (κ2) is 8.62. The van der Waals surface area contributed by atoms with Crippen molar-refractivity contribution in [3.63, 3.8) is 0 Å². The van der Waals surface area contributed by atoms with Crippen molar-refractivity contribution in [1.29, 1.82) is 0 Å². The second-order valence-corrected chi connectivity index (χ2v) is 7.11. The molecule has 1 aromatic carbocycles. The molecule has 0 bridgehead atoms. The van der Waals surface area contributed by atoms with Gasteiger partial charge in [0.2, 0.25) is 0 Å². The van der Waals surface area contributed by atoms with Crippen LogP contribution >= 0.6 is 0 Å². The van der Waals surface area contributed by atoms with Gasteiger partial charge in [0.25, 0.3) is 0 Å². The molecule has 0 fully saturated rings. The molecule has 0 amide bonds. The Labute approximate surface area is 168 Å². The molecular weight excluding hydrogens is 340 g/mol. The molecule has 0 saturated carbocycles. The van der Waals surface area contributed by atoms with Gasteiger partial charge in [-0.15, -0.1) is 0 Å². The first-order valence-corrected chi connectivity index (χ1v) is 9.63. The van der Waals surface area contributed by atoms with Crippen LogP contribution in [0.5, 0.6) is 0 Å². The third kappa shape index (κ3) is 4.34. The number of hydrogen-bond donors (Lipinski definition) is 1. The van der Waals surface area contributed by atoms with E-state index in [1.807, 2.05) is 19.1 Å². The lowest BCUT2D eigenvalue weighted by Crippen LogP contribution is -2.04. The summed E-state index contributed by atoms with van der Waals surface area (Å²) in [5, 5.41) is 0. The van der Waals surface area contributed by atoms with Crippen LogP contribution in [0, 0.1) is 6.92 Å². The minimum atomic E-state index is 0.754. The normalized spacial score (nSPS) is 14.8. The molecule has 0 unspecified atom stereocenters. The minimum absolute atomic E-state index is 0.754. The Morgan fingerprint density at radius 3 is 2.57 bits per heavy atom. The highest BCUT2D eigenvalue weighted by Gasteiger charge is 2.14. The van der Waals surface area contributed by atoms with Crippen molar-refractivity contribution in [1.82, 2.24) is 4.57 Å². The lowest BCUT2D eigenvalue weighted by atomic mass is 10.1. The van der Waals surface area contributed by atoms with E-state index in [2.05, 4.69) is 91.8 Å². The van der Waals surface area contributed by atoms with Crippen LogP contribution in [0.4, 0.5) is 0 Å². The summed E-state index contributed by atoms with van der Waals surface area (Å²) < 4.78 is 2.25. The predicted octanol–water partition coefficient (Wildman–Crippen LogP) is 6.64. The lowest BCUT2D eigenvalue weighted by Gasteiger charge is -2.16. The van der Waals surface area contributed by atoms with Gasteiger partial charge >= 0.3 is 0 Å². The van der Waals surface area contributed by atoms with Gasteiger partial charge in [0, 0.05) is 11.4 Å². The summed E-state index contributed by atoms with van der Waals surface area (Å²) in [6, 6.07) is 12.9. The molecule has 28 heavy (non-hydrogen) atoms. The maximum Gasteiger partial charge on any atom is 0.0534 e. The van der Waals surface area contributed by atoms with E-state index in [-0.39, 0.29) is 0 Å². The van der Waals surface area contributed by atoms with E-state index in [0.29, 0.717) is 0 Å². The molecular formula is C26H28N2. The summed E-state index contributed by atoms with van der Waals surface area (Å²) in [5.41, 5.74) is 14.8. The molecule has 2 heteroatoms. The first kappa shape index (κ1) is 19.5. The molecule has 0 spiro atoms. The summed E-state index contributed by atoms with van der Waals surface area (Å²) >= 11 is 0. The number of aryl methyl sites for hydroxylation is 1. The number of allylic oxidation sites excluding steroid dienone is 10. The Morgan fingerprint density at radius 2 is 1.86 bits per heavy atom. The Kier molecular flexibility index (Phi) is 6.00. The zero-order valence-corrected chi connectivity index (χ0v) is 16.9. The van der Waals surface area contributed by atoms with E-state index in [9.17, 15) is 0 Å². The number of nitrogens with two attached hydrogens (primary N) is 1. The smallest absolute Gasteiger partial charge is 0.0534 e. The molecule has 1 aromatic heterocycles. The number of nitrogens with zero attached hydrogens (tertiary/aromatic N) is 1. The van der Waals surface area contributed by atoms with Gasteiger partial charge in [-0.2, -0.15) is 0 Å². The van der Waals surface area contributed by atoms with Crippen molar-refractivity contribution in [3.8, 4) is 11.3 Å². The van der Waals surface area contributed by atoms with Crippen molar-refractivity contribution in [3.05, 3.63) is 108 Å². The molecule has 2 aromatic rings. The fraction of sp³-hybridized carbons (Fsp3) is 0.154. The first-order valence-electron chi connectivity index (χ1n) is 9.63. The quantitative estimate of drug-likeness (QED) is 0.589. The number of aromatic nitrogens is 1. The van der Waals surface area contributed by atoms with E-state index in [1.54, 1.807) is 0 Å². The zero-order valence-electron chi connectivity index (χ0n) is 16.9. The Balaban J connectivity index is 2.14. The SMILES string of the molecule is C=C(/C=C\C(C)=C/C)c1ccc(-c2ccc(C)cc2)n1C1=CCC=CC(N)=C1. The predicted molar refractivity (Wildman–Crippen MR) is 123 cm³/mol. The Bertz CT molecular complexity index is 1020. The molecule has 2 N–H and O–H groups in total. The summed E-state index contributed by atoms with van der Waals surface area (Å²) in [5.74, 6) is 0. The number of rotatable bonds is 5. The highest BCUT2D eigenvalue weighted by atomic mass is 15.0. The van der Waals surface area contributed by atoms with Crippen LogP contribution in [0.15, 0.2) is 96.8 Å². The van der Waals surface area contributed by atoms with Gasteiger partial charge < -0.3 is 10.3 Å². The van der Waals surface area contributed by atoms with Crippen molar-refractivity contribution in [2.24, 2.45) is 5.73 Å². The van der Waals surface area contributed by atoms with Crippen molar-refractivity contribution in [2.75, 3.05) is 0 Å². The molecule has 1 heterocycles. The summed E-state index contributed by atoms with van der Waals surface area (Å²) in [4.78, 5) is 0. The standard InChI is InChI=1S/C26H28N2/c1-5-19(2)10-13-21(4)25-16-17-26(22-14-11-20(3)12-15-22)28(25)24-9-7-6-8-23(27)18-24/h5-6,8-18H,4,7,27H2,1-3H3/b13-10-,19-5-. The highest BCUT2D eigenvalue weighted by molar-refractivity contribution is 5.80. The Hall–Kier alpha value is -3.26. The van der Waals surface area contributed by atoms with E-state index in [0.717, 1.165) is 34.8 Å². The van der Waals surface area contributed by atoms with Gasteiger partial charge in [-0.3, -0.25) is 0 Å². The number of hydrogen-bond acceptors (Lipinski definition) is 1. The van der Waals surface area contributed by atoms with Crippen molar-refractivity contribution >= 4 is 11.3 Å². The maximum absolute atomic E-state index is 6.16. The summed E-state index contributed by atoms with van der Waals surface area (Å²) in [6.07, 6.45) is 15.4. The molecule has 1 aliphatic carbocycles. The summed E-state index contributed by atoms with van der Waals surface area (Å²) in [6.45, 7) is 10.6. The fourth-order valence-electron chi connectivity index (χ4n) is 3.16. The van der Waals surface area contributed by atoms with Gasteiger partial charge in [-0.25, -0.2) is 0 Å². The van der Waals surface area contributed by atoms with Crippen LogP contribution in [0.2, 0.25) is 0 Å². The zero-order chi connectivity index (χ0) is 20.1. The van der Waals surface area contributed by atoms with Gasteiger partial charge in [0.05, 0.1) is 11.4 Å². The van der Waals surface area contributed by atoms with Crippen LogP contribution in [0.25, 0.3) is 22.5 Å². The van der Waals surface area contributed by atoms with Gasteiger partial charge in [0.1, 0.15) is 0 Å². The van der Waals surface area contributed by atoms with Crippen molar-refractivity contribution < 1.29 is 0 Å². The Morgan fingerprint density at radius 1 is 1.11 bits per heavy atom. The third-order valence-corrected chi connectivity index (χ3v) is 4.91. The van der Waals surface area contributed by atoms with E-state index in [1.165, 1.54) is 16.7 Å². The van der Waals surface area contributed by atoms with E-state index in [4.69, 9.17) is 5.73 Å². The molecule has 0 saturated heterocycles. The molecule has 2 nitrogen and oxygen atoms in total. The summed E-state index contributed by atoms with van der Waals surface area (Å²) in [7, 11) is 0. The molecule has 0 radical (unpaired) electrons. The van der Waals surface area contributed by atoms with Gasteiger partial charge in [-0.05, 0) is 62.6 Å². The molecule has 0 atom stereocenters. The molecule has 1 aliphatic rings. The minimum Gasteiger partial charge on any atom is -0.399 e. The first-order chi connectivity index (χ1) is 13.5. The fourth-order valence-corrected chi connectivity index (χ4v) is 3.16. The van der Waals surface area contributed by atoms with Crippen LogP contribution in [-0.4, -0.2) is 4.57 Å². The van der Waals surface area contributed by atoms with Crippen LogP contribution in [0.1, 0.15) is 31.5 Å². The molecule has 142 valence electrons. The van der Waals surface area contributed by atoms with Gasteiger partial charge in [0.15, 0.2) is 0 Å². The monoisotopic (exact) mass is 368 g/mol. The van der Waals surface area contributed by atoms with Crippen LogP contribution in [0.3, 0.4) is 0 Å². The largest absolute Gasteiger partial charge is 0.399 e. The van der Waals surface area contributed by atoms with E-state index < -0.39 is 0 Å².